The molecule has 4 nitrogen and oxygen atoms in total. The average molecular weight is 234 g/mol. The molecule has 2 rings (SSSR count). The summed E-state index contributed by atoms with van der Waals surface area (Å²) in [5, 5.41) is 0. The predicted molar refractivity (Wildman–Crippen MR) is 67.1 cm³/mol. The van der Waals surface area contributed by atoms with E-state index < -0.39 is 0 Å². The molecule has 0 aliphatic carbocycles. The van der Waals surface area contributed by atoms with Gasteiger partial charge in [0.25, 0.3) is 0 Å². The van der Waals surface area contributed by atoms with E-state index >= 15 is 0 Å². The van der Waals surface area contributed by atoms with Crippen LogP contribution in [-0.4, -0.2) is 25.6 Å². The Morgan fingerprint density at radius 1 is 1.53 bits per heavy atom. The molecule has 0 bridgehead atoms. The topological polar surface area (TPSA) is 55.6 Å². The van der Waals surface area contributed by atoms with Crippen LogP contribution in [0.15, 0.2) is 24.3 Å². The second-order valence-corrected chi connectivity index (χ2v) is 4.41. The summed E-state index contributed by atoms with van der Waals surface area (Å²) in [6, 6.07) is 7.72. The summed E-state index contributed by atoms with van der Waals surface area (Å²) in [7, 11) is 1.62. The lowest BCUT2D eigenvalue weighted by molar-refractivity contribution is -0.117. The lowest BCUT2D eigenvalue weighted by atomic mass is 10.0. The molecule has 0 radical (unpaired) electrons. The van der Waals surface area contributed by atoms with Crippen LogP contribution < -0.4 is 15.4 Å². The summed E-state index contributed by atoms with van der Waals surface area (Å²) in [4.78, 5) is 13.8. The van der Waals surface area contributed by atoms with E-state index in [-0.39, 0.29) is 17.9 Å². The van der Waals surface area contributed by atoms with Gasteiger partial charge in [-0.2, -0.15) is 0 Å². The van der Waals surface area contributed by atoms with E-state index in [2.05, 4.69) is 0 Å². The minimum absolute atomic E-state index is 0.140. The van der Waals surface area contributed by atoms with Crippen molar-refractivity contribution in [3.63, 3.8) is 0 Å². The first-order chi connectivity index (χ1) is 8.17. The van der Waals surface area contributed by atoms with Crippen molar-refractivity contribution in [3.8, 4) is 5.75 Å². The fourth-order valence-corrected chi connectivity index (χ4v) is 2.35. The molecule has 1 aromatic carbocycles. The van der Waals surface area contributed by atoms with Gasteiger partial charge in [-0.05, 0) is 25.6 Å². The van der Waals surface area contributed by atoms with Gasteiger partial charge in [-0.15, -0.1) is 0 Å². The Balaban J connectivity index is 2.29. The molecule has 1 amide bonds. The van der Waals surface area contributed by atoms with Crippen LogP contribution in [0.3, 0.4) is 0 Å². The number of carbonyl (C=O) groups is 1. The number of amides is 1. The van der Waals surface area contributed by atoms with Crippen molar-refractivity contribution in [1.82, 2.24) is 0 Å². The van der Waals surface area contributed by atoms with Crippen LogP contribution >= 0.6 is 0 Å². The monoisotopic (exact) mass is 234 g/mol. The van der Waals surface area contributed by atoms with Crippen LogP contribution in [0.4, 0.5) is 5.69 Å². The van der Waals surface area contributed by atoms with Gasteiger partial charge < -0.3 is 15.4 Å². The Hall–Kier alpha value is -1.55. The number of methoxy groups -OCH3 is 1. The molecule has 1 fully saturated rings. The third-order valence-electron chi connectivity index (χ3n) is 3.43. The quantitative estimate of drug-likeness (QED) is 0.860. The molecule has 1 aliphatic rings. The van der Waals surface area contributed by atoms with Crippen LogP contribution in [0, 0.1) is 5.92 Å². The number of ether oxygens (including phenoxy) is 1. The van der Waals surface area contributed by atoms with Crippen molar-refractivity contribution >= 4 is 11.6 Å². The maximum absolute atomic E-state index is 12.0. The zero-order valence-corrected chi connectivity index (χ0v) is 10.2. The van der Waals surface area contributed by atoms with Gasteiger partial charge in [-0.1, -0.05) is 6.07 Å². The highest BCUT2D eigenvalue weighted by Crippen LogP contribution is 2.31. The van der Waals surface area contributed by atoms with E-state index in [4.69, 9.17) is 10.5 Å². The zero-order valence-electron chi connectivity index (χ0n) is 10.2. The number of benzene rings is 1. The second-order valence-electron chi connectivity index (χ2n) is 4.41. The first-order valence-electron chi connectivity index (χ1n) is 5.83. The van der Waals surface area contributed by atoms with E-state index in [9.17, 15) is 4.79 Å². The van der Waals surface area contributed by atoms with Gasteiger partial charge in [0.2, 0.25) is 5.91 Å². The number of hydrogen-bond donors (Lipinski definition) is 1. The predicted octanol–water partition coefficient (Wildman–Crippen LogP) is 1.40. The molecule has 1 aliphatic heterocycles. The maximum Gasteiger partial charge on any atom is 0.227 e. The molecule has 0 aromatic heterocycles. The number of anilines is 1. The molecule has 2 atom stereocenters. The van der Waals surface area contributed by atoms with Crippen LogP contribution in [-0.2, 0) is 4.79 Å². The highest BCUT2D eigenvalue weighted by Gasteiger charge is 2.36. The highest BCUT2D eigenvalue weighted by molar-refractivity contribution is 5.96. The van der Waals surface area contributed by atoms with E-state index in [0.29, 0.717) is 13.0 Å². The van der Waals surface area contributed by atoms with E-state index in [0.717, 1.165) is 11.4 Å². The summed E-state index contributed by atoms with van der Waals surface area (Å²) in [5.74, 6) is 1.15. The minimum atomic E-state index is 0.140. The lowest BCUT2D eigenvalue weighted by Crippen LogP contribution is -2.34. The highest BCUT2D eigenvalue weighted by atomic mass is 16.5. The first-order valence-corrected chi connectivity index (χ1v) is 5.83. The van der Waals surface area contributed by atoms with Gasteiger partial charge in [0.1, 0.15) is 5.75 Å². The molecule has 2 N–H and O–H groups in total. The summed E-state index contributed by atoms with van der Waals surface area (Å²) in [5.41, 5.74) is 6.57. The number of nitrogens with two attached hydrogens (primary N) is 1. The van der Waals surface area contributed by atoms with Crippen molar-refractivity contribution in [2.24, 2.45) is 11.7 Å². The standard InChI is InChI=1S/C13H18N2O2/c1-9-10(8-14)6-13(16)15(9)11-4-3-5-12(7-11)17-2/h3-5,7,9-10H,6,8,14H2,1-2H3. The van der Waals surface area contributed by atoms with Crippen LogP contribution in [0.1, 0.15) is 13.3 Å². The Morgan fingerprint density at radius 3 is 2.88 bits per heavy atom. The van der Waals surface area contributed by atoms with Gasteiger partial charge in [0, 0.05) is 30.1 Å². The summed E-state index contributed by atoms with van der Waals surface area (Å²) in [6.45, 7) is 2.59. The third kappa shape index (κ3) is 2.13. The molecule has 0 spiro atoms. The Bertz CT molecular complexity index is 420. The average Bonchev–Trinajstić information content (AvgIpc) is 2.64. The van der Waals surface area contributed by atoms with E-state index in [1.165, 1.54) is 0 Å². The number of nitrogens with zero attached hydrogens (tertiary/aromatic N) is 1. The first kappa shape index (κ1) is 11.9. The SMILES string of the molecule is COc1cccc(N2C(=O)CC(CN)C2C)c1. The number of carbonyl (C=O) groups excluding carboxylic acids is 1. The summed E-state index contributed by atoms with van der Waals surface area (Å²) >= 11 is 0. The van der Waals surface area contributed by atoms with E-state index in [1.54, 1.807) is 7.11 Å². The van der Waals surface area contributed by atoms with Crippen molar-refractivity contribution in [2.45, 2.75) is 19.4 Å². The van der Waals surface area contributed by atoms with Gasteiger partial charge >= 0.3 is 0 Å². The largest absolute Gasteiger partial charge is 0.497 e. The molecule has 92 valence electrons. The molecular weight excluding hydrogens is 216 g/mol. The van der Waals surface area contributed by atoms with Gasteiger partial charge in [0.15, 0.2) is 0 Å². The molecular formula is C13H18N2O2. The third-order valence-corrected chi connectivity index (χ3v) is 3.43. The van der Waals surface area contributed by atoms with Gasteiger partial charge in [-0.3, -0.25) is 4.79 Å². The summed E-state index contributed by atoms with van der Waals surface area (Å²) in [6.07, 6.45) is 0.537. The normalized spacial score (nSPS) is 24.2. The maximum atomic E-state index is 12.0. The molecule has 4 heteroatoms. The molecule has 1 saturated heterocycles. The molecule has 2 unspecified atom stereocenters. The Kier molecular flexibility index (Phi) is 3.33. The molecule has 1 heterocycles. The van der Waals surface area contributed by atoms with Crippen molar-refractivity contribution in [2.75, 3.05) is 18.6 Å². The number of hydrogen-bond acceptors (Lipinski definition) is 3. The summed E-state index contributed by atoms with van der Waals surface area (Å²) < 4.78 is 5.18. The van der Waals surface area contributed by atoms with Crippen molar-refractivity contribution < 1.29 is 9.53 Å². The van der Waals surface area contributed by atoms with Gasteiger partial charge in [-0.25, -0.2) is 0 Å². The van der Waals surface area contributed by atoms with Crippen LogP contribution in [0.25, 0.3) is 0 Å². The van der Waals surface area contributed by atoms with Crippen LogP contribution in [0.5, 0.6) is 5.75 Å². The fourth-order valence-electron chi connectivity index (χ4n) is 2.35. The minimum Gasteiger partial charge on any atom is -0.497 e. The fraction of sp³-hybridized carbons (Fsp3) is 0.462. The van der Waals surface area contributed by atoms with Crippen LogP contribution in [0.2, 0.25) is 0 Å². The smallest absolute Gasteiger partial charge is 0.227 e. The molecule has 17 heavy (non-hydrogen) atoms. The van der Waals surface area contributed by atoms with Crippen molar-refractivity contribution in [3.05, 3.63) is 24.3 Å². The Labute approximate surface area is 101 Å². The molecule has 1 aromatic rings. The zero-order chi connectivity index (χ0) is 12.4. The lowest BCUT2D eigenvalue weighted by Gasteiger charge is -2.24. The number of rotatable bonds is 3. The molecule has 0 saturated carbocycles. The van der Waals surface area contributed by atoms with Crippen molar-refractivity contribution in [1.29, 1.82) is 0 Å². The van der Waals surface area contributed by atoms with E-state index in [1.807, 2.05) is 36.1 Å². The second kappa shape index (κ2) is 4.75. The Morgan fingerprint density at radius 2 is 2.29 bits per heavy atom. The van der Waals surface area contributed by atoms with Gasteiger partial charge in [0.05, 0.1) is 7.11 Å².